The predicted molar refractivity (Wildman–Crippen MR) is 83.8 cm³/mol. The van der Waals surface area contributed by atoms with E-state index in [1.807, 2.05) is 6.20 Å². The Kier molecular flexibility index (Phi) is 5.36. The number of aryl methyl sites for hydroxylation is 2. The van der Waals surface area contributed by atoms with Gasteiger partial charge in [0, 0.05) is 31.4 Å². The van der Waals surface area contributed by atoms with Crippen LogP contribution in [0.15, 0.2) is 36.7 Å². The second-order valence-electron chi connectivity index (χ2n) is 5.00. The minimum Gasteiger partial charge on any atom is -0.335 e. The monoisotopic (exact) mass is 271 g/mol. The number of hydrogen-bond acceptors (Lipinski definition) is 2. The summed E-state index contributed by atoms with van der Waals surface area (Å²) in [5, 5.41) is 3.61. The molecule has 1 aromatic heterocycles. The van der Waals surface area contributed by atoms with Crippen LogP contribution < -0.4 is 5.32 Å². The molecule has 1 unspecified atom stereocenters. The third-order valence-corrected chi connectivity index (χ3v) is 3.79. The van der Waals surface area contributed by atoms with Crippen LogP contribution in [0.4, 0.5) is 0 Å². The average molecular weight is 271 g/mol. The number of imidazole rings is 1. The highest BCUT2D eigenvalue weighted by molar-refractivity contribution is 5.30. The Morgan fingerprint density at radius 3 is 2.70 bits per heavy atom. The topological polar surface area (TPSA) is 29.9 Å². The summed E-state index contributed by atoms with van der Waals surface area (Å²) in [5.41, 5.74) is 2.83. The number of rotatable bonds is 7. The van der Waals surface area contributed by atoms with Crippen LogP contribution in [0.2, 0.25) is 0 Å². The van der Waals surface area contributed by atoms with Gasteiger partial charge < -0.3 is 9.88 Å². The van der Waals surface area contributed by atoms with Crippen molar-refractivity contribution in [3.8, 4) is 0 Å². The first-order valence-corrected chi connectivity index (χ1v) is 7.61. The number of hydrogen-bond donors (Lipinski definition) is 1. The molecule has 2 rings (SSSR count). The van der Waals surface area contributed by atoms with Gasteiger partial charge in [0.15, 0.2) is 0 Å². The largest absolute Gasteiger partial charge is 0.335 e. The summed E-state index contributed by atoms with van der Waals surface area (Å²) in [7, 11) is 0. The van der Waals surface area contributed by atoms with Gasteiger partial charge in [-0.2, -0.15) is 0 Å². The van der Waals surface area contributed by atoms with Gasteiger partial charge in [-0.15, -0.1) is 0 Å². The van der Waals surface area contributed by atoms with Crippen molar-refractivity contribution < 1.29 is 0 Å². The third-order valence-electron chi connectivity index (χ3n) is 3.79. The average Bonchev–Trinajstić information content (AvgIpc) is 2.94. The van der Waals surface area contributed by atoms with E-state index in [2.05, 4.69) is 66.1 Å². The molecule has 0 spiro atoms. The summed E-state index contributed by atoms with van der Waals surface area (Å²) in [4.78, 5) is 4.51. The normalized spacial score (nSPS) is 12.6. The van der Waals surface area contributed by atoms with Gasteiger partial charge in [-0.3, -0.25) is 0 Å². The predicted octanol–water partition coefficient (Wildman–Crippen LogP) is 3.36. The highest BCUT2D eigenvalue weighted by atomic mass is 15.1. The second kappa shape index (κ2) is 7.25. The maximum Gasteiger partial charge on any atom is 0.110 e. The molecule has 0 aliphatic heterocycles. The molecule has 20 heavy (non-hydrogen) atoms. The lowest BCUT2D eigenvalue weighted by atomic mass is 9.96. The minimum absolute atomic E-state index is 0.337. The van der Waals surface area contributed by atoms with Crippen LogP contribution in [0.1, 0.15) is 43.8 Å². The van der Waals surface area contributed by atoms with Gasteiger partial charge in [0.25, 0.3) is 0 Å². The SMILES string of the molecule is CCNC(Cc1nccn1CC)c1ccccc1CC. The quantitative estimate of drug-likeness (QED) is 0.837. The molecule has 0 saturated carbocycles. The first kappa shape index (κ1) is 14.8. The summed E-state index contributed by atoms with van der Waals surface area (Å²) in [6.45, 7) is 8.48. The zero-order valence-electron chi connectivity index (χ0n) is 12.8. The molecule has 2 aromatic rings. The maximum atomic E-state index is 4.51. The number of nitrogens with zero attached hydrogens (tertiary/aromatic N) is 2. The maximum absolute atomic E-state index is 4.51. The van der Waals surface area contributed by atoms with Crippen LogP contribution in [0.3, 0.4) is 0 Å². The fourth-order valence-corrected chi connectivity index (χ4v) is 2.74. The highest BCUT2D eigenvalue weighted by Gasteiger charge is 2.16. The molecule has 0 aliphatic carbocycles. The van der Waals surface area contributed by atoms with Crippen LogP contribution >= 0.6 is 0 Å². The lowest BCUT2D eigenvalue weighted by molar-refractivity contribution is 0.519. The molecule has 0 bridgehead atoms. The molecule has 0 fully saturated rings. The molecule has 1 aromatic carbocycles. The van der Waals surface area contributed by atoms with Gasteiger partial charge >= 0.3 is 0 Å². The van der Waals surface area contributed by atoms with E-state index in [1.165, 1.54) is 11.1 Å². The minimum atomic E-state index is 0.337. The van der Waals surface area contributed by atoms with Crippen molar-refractivity contribution in [1.29, 1.82) is 0 Å². The summed E-state index contributed by atoms with van der Waals surface area (Å²) < 4.78 is 2.22. The van der Waals surface area contributed by atoms with Crippen LogP contribution in [-0.2, 0) is 19.4 Å². The molecule has 1 N–H and O–H groups in total. The van der Waals surface area contributed by atoms with Crippen molar-refractivity contribution in [3.63, 3.8) is 0 Å². The van der Waals surface area contributed by atoms with Crippen molar-refractivity contribution in [3.05, 3.63) is 53.6 Å². The van der Waals surface area contributed by atoms with E-state index in [0.717, 1.165) is 31.8 Å². The highest BCUT2D eigenvalue weighted by Crippen LogP contribution is 2.22. The third kappa shape index (κ3) is 3.28. The summed E-state index contributed by atoms with van der Waals surface area (Å²) in [5.74, 6) is 1.16. The molecule has 1 atom stereocenters. The summed E-state index contributed by atoms with van der Waals surface area (Å²) in [6, 6.07) is 9.06. The van der Waals surface area contributed by atoms with Gasteiger partial charge in [-0.1, -0.05) is 38.1 Å². The van der Waals surface area contributed by atoms with Crippen molar-refractivity contribution in [2.24, 2.45) is 0 Å². The van der Waals surface area contributed by atoms with Gasteiger partial charge in [0.2, 0.25) is 0 Å². The van der Waals surface area contributed by atoms with Gasteiger partial charge in [-0.25, -0.2) is 4.98 Å². The lowest BCUT2D eigenvalue weighted by Crippen LogP contribution is -2.25. The molecule has 0 amide bonds. The smallest absolute Gasteiger partial charge is 0.110 e. The first-order valence-electron chi connectivity index (χ1n) is 7.61. The van der Waals surface area contributed by atoms with E-state index in [0.29, 0.717) is 6.04 Å². The number of likely N-dealkylation sites (N-methyl/N-ethyl adjacent to an activating group) is 1. The lowest BCUT2D eigenvalue weighted by Gasteiger charge is -2.21. The molecule has 0 saturated heterocycles. The molecule has 1 heterocycles. The Bertz CT molecular complexity index is 531. The van der Waals surface area contributed by atoms with Gasteiger partial charge in [0.05, 0.1) is 0 Å². The number of nitrogens with one attached hydrogen (secondary N) is 1. The van der Waals surface area contributed by atoms with E-state index in [1.54, 1.807) is 0 Å². The van der Waals surface area contributed by atoms with Crippen molar-refractivity contribution in [1.82, 2.24) is 14.9 Å². The molecule has 3 nitrogen and oxygen atoms in total. The Balaban J connectivity index is 2.27. The Labute approximate surface area is 122 Å². The standard InChI is InChI=1S/C17H25N3/c1-4-14-9-7-8-10-15(14)16(18-5-2)13-17-19-11-12-20(17)6-3/h7-12,16,18H,4-6,13H2,1-3H3. The van der Waals surface area contributed by atoms with Crippen molar-refractivity contribution in [2.45, 2.75) is 46.2 Å². The van der Waals surface area contributed by atoms with Crippen LogP contribution in [0.5, 0.6) is 0 Å². The van der Waals surface area contributed by atoms with Crippen molar-refractivity contribution >= 4 is 0 Å². The molecule has 3 heteroatoms. The Morgan fingerprint density at radius 1 is 1.20 bits per heavy atom. The van der Waals surface area contributed by atoms with E-state index >= 15 is 0 Å². The van der Waals surface area contributed by atoms with Gasteiger partial charge in [-0.05, 0) is 31.0 Å². The fourth-order valence-electron chi connectivity index (χ4n) is 2.74. The van der Waals surface area contributed by atoms with E-state index in [-0.39, 0.29) is 0 Å². The zero-order chi connectivity index (χ0) is 14.4. The zero-order valence-corrected chi connectivity index (χ0v) is 12.8. The van der Waals surface area contributed by atoms with E-state index in [9.17, 15) is 0 Å². The molecule has 0 aliphatic rings. The first-order chi connectivity index (χ1) is 9.80. The molecule has 108 valence electrons. The molecular formula is C17H25N3. The number of aromatic nitrogens is 2. The van der Waals surface area contributed by atoms with Crippen LogP contribution in [-0.4, -0.2) is 16.1 Å². The molecular weight excluding hydrogens is 246 g/mol. The van der Waals surface area contributed by atoms with Crippen LogP contribution in [0, 0.1) is 0 Å². The summed E-state index contributed by atoms with van der Waals surface area (Å²) in [6.07, 6.45) is 5.96. The Hall–Kier alpha value is -1.61. The second-order valence-corrected chi connectivity index (χ2v) is 5.00. The summed E-state index contributed by atoms with van der Waals surface area (Å²) >= 11 is 0. The number of benzene rings is 1. The van der Waals surface area contributed by atoms with E-state index < -0.39 is 0 Å². The Morgan fingerprint density at radius 2 is 2.00 bits per heavy atom. The van der Waals surface area contributed by atoms with Crippen molar-refractivity contribution in [2.75, 3.05) is 6.54 Å². The van der Waals surface area contributed by atoms with E-state index in [4.69, 9.17) is 0 Å². The fraction of sp³-hybridized carbons (Fsp3) is 0.471. The van der Waals surface area contributed by atoms with Gasteiger partial charge in [0.1, 0.15) is 5.82 Å². The molecule has 0 radical (unpaired) electrons. The van der Waals surface area contributed by atoms with Crippen LogP contribution in [0.25, 0.3) is 0 Å².